The first kappa shape index (κ1) is 23.0. The average molecular weight is 433 g/mol. The lowest BCUT2D eigenvalue weighted by Crippen LogP contribution is -2.52. The molecule has 0 spiro atoms. The van der Waals surface area contributed by atoms with E-state index < -0.39 is 18.2 Å². The second-order valence-corrected chi connectivity index (χ2v) is 7.53. The van der Waals surface area contributed by atoms with E-state index in [0.717, 1.165) is 16.7 Å². The lowest BCUT2D eigenvalue weighted by atomic mass is 10.0. The van der Waals surface area contributed by atoms with Crippen LogP contribution in [0.2, 0.25) is 0 Å². The Kier molecular flexibility index (Phi) is 8.83. The molecule has 0 saturated carbocycles. The Bertz CT molecular complexity index is 965. The van der Waals surface area contributed by atoms with Gasteiger partial charge in [-0.2, -0.15) is 0 Å². The second kappa shape index (κ2) is 12.3. The van der Waals surface area contributed by atoms with E-state index >= 15 is 0 Å². The molecule has 32 heavy (non-hydrogen) atoms. The van der Waals surface area contributed by atoms with Crippen molar-refractivity contribution in [2.75, 3.05) is 6.61 Å². The van der Waals surface area contributed by atoms with Crippen molar-refractivity contribution >= 4 is 12.0 Å². The number of hydrogen-bond acceptors (Lipinski definition) is 4. The van der Waals surface area contributed by atoms with Crippen LogP contribution < -0.4 is 10.6 Å². The first-order chi connectivity index (χ1) is 15.6. The van der Waals surface area contributed by atoms with Gasteiger partial charge in [0.15, 0.2) is 0 Å². The molecule has 2 unspecified atom stereocenters. The van der Waals surface area contributed by atoms with Gasteiger partial charge in [-0.3, -0.25) is 4.79 Å². The average Bonchev–Trinajstić information content (AvgIpc) is 2.84. The fraction of sp³-hybridized carbons (Fsp3) is 0.231. The van der Waals surface area contributed by atoms with E-state index in [0.29, 0.717) is 12.8 Å². The molecule has 3 aromatic rings. The number of carbonyl (C=O) groups is 2. The third-order valence-corrected chi connectivity index (χ3v) is 5.00. The zero-order valence-corrected chi connectivity index (χ0v) is 17.8. The monoisotopic (exact) mass is 432 g/mol. The van der Waals surface area contributed by atoms with E-state index in [1.807, 2.05) is 91.0 Å². The second-order valence-electron chi connectivity index (χ2n) is 7.53. The molecule has 3 N–H and O–H groups in total. The predicted molar refractivity (Wildman–Crippen MR) is 123 cm³/mol. The van der Waals surface area contributed by atoms with Crippen molar-refractivity contribution in [1.29, 1.82) is 0 Å². The summed E-state index contributed by atoms with van der Waals surface area (Å²) in [7, 11) is 0. The van der Waals surface area contributed by atoms with E-state index in [1.165, 1.54) is 0 Å². The molecule has 6 nitrogen and oxygen atoms in total. The van der Waals surface area contributed by atoms with Gasteiger partial charge in [0.05, 0.1) is 12.6 Å². The molecule has 2 amide bonds. The van der Waals surface area contributed by atoms with Gasteiger partial charge >= 0.3 is 6.09 Å². The van der Waals surface area contributed by atoms with Crippen LogP contribution in [0.15, 0.2) is 91.0 Å². The van der Waals surface area contributed by atoms with E-state index in [1.54, 1.807) is 0 Å². The molecule has 2 atom stereocenters. The molecule has 0 bridgehead atoms. The summed E-state index contributed by atoms with van der Waals surface area (Å²) in [5, 5.41) is 15.3. The van der Waals surface area contributed by atoms with Crippen molar-refractivity contribution < 1.29 is 19.4 Å². The van der Waals surface area contributed by atoms with Gasteiger partial charge in [-0.25, -0.2) is 4.79 Å². The number of rotatable bonds is 10. The highest BCUT2D eigenvalue weighted by Crippen LogP contribution is 2.07. The first-order valence-corrected chi connectivity index (χ1v) is 10.6. The Morgan fingerprint density at radius 3 is 1.75 bits per heavy atom. The molecule has 0 aromatic heterocycles. The maximum Gasteiger partial charge on any atom is 0.408 e. The molecule has 0 aliphatic heterocycles. The number of benzene rings is 3. The van der Waals surface area contributed by atoms with Gasteiger partial charge < -0.3 is 20.5 Å². The maximum atomic E-state index is 13.0. The summed E-state index contributed by atoms with van der Waals surface area (Å²) in [4.78, 5) is 25.4. The van der Waals surface area contributed by atoms with E-state index in [4.69, 9.17) is 4.74 Å². The SMILES string of the molecule is O=C(NC(Cc1ccccc1)C(=O)NC(CO)Cc1ccccc1)OCc1ccccc1. The van der Waals surface area contributed by atoms with Crippen molar-refractivity contribution in [3.8, 4) is 0 Å². The first-order valence-electron chi connectivity index (χ1n) is 10.6. The molecule has 6 heteroatoms. The number of nitrogens with one attached hydrogen (secondary N) is 2. The molecule has 3 rings (SSSR count). The van der Waals surface area contributed by atoms with Gasteiger partial charge in [-0.15, -0.1) is 0 Å². The van der Waals surface area contributed by atoms with Crippen LogP contribution in [0.25, 0.3) is 0 Å². The highest BCUT2D eigenvalue weighted by Gasteiger charge is 2.24. The molecule has 0 fully saturated rings. The van der Waals surface area contributed by atoms with Crippen LogP contribution >= 0.6 is 0 Å². The number of ether oxygens (including phenoxy) is 1. The summed E-state index contributed by atoms with van der Waals surface area (Å²) in [5.41, 5.74) is 2.76. The summed E-state index contributed by atoms with van der Waals surface area (Å²) >= 11 is 0. The van der Waals surface area contributed by atoms with Gasteiger partial charge in [0.1, 0.15) is 12.6 Å². The van der Waals surface area contributed by atoms with Crippen LogP contribution in [-0.2, 0) is 29.0 Å². The van der Waals surface area contributed by atoms with E-state index in [2.05, 4.69) is 10.6 Å². The number of amides is 2. The van der Waals surface area contributed by atoms with E-state index in [-0.39, 0.29) is 19.1 Å². The number of hydrogen-bond donors (Lipinski definition) is 3. The number of aliphatic hydroxyl groups is 1. The number of aliphatic hydroxyl groups excluding tert-OH is 1. The lowest BCUT2D eigenvalue weighted by molar-refractivity contribution is -0.124. The van der Waals surface area contributed by atoms with Crippen molar-refractivity contribution in [3.05, 3.63) is 108 Å². The molecular formula is C26H28N2O4. The summed E-state index contributed by atoms with van der Waals surface area (Å²) in [6, 6.07) is 27.1. The third-order valence-electron chi connectivity index (χ3n) is 5.00. The predicted octanol–water partition coefficient (Wildman–Crippen LogP) is 3.24. The fourth-order valence-corrected chi connectivity index (χ4v) is 3.33. The molecule has 166 valence electrons. The molecule has 0 aliphatic carbocycles. The summed E-state index contributed by atoms with van der Waals surface area (Å²) in [6.07, 6.45) is 0.115. The van der Waals surface area contributed by atoms with Crippen LogP contribution in [0.5, 0.6) is 0 Å². The highest BCUT2D eigenvalue weighted by molar-refractivity contribution is 5.86. The Hall–Kier alpha value is -3.64. The Morgan fingerprint density at radius 2 is 1.22 bits per heavy atom. The summed E-state index contributed by atoms with van der Waals surface area (Å²) in [6.45, 7) is -0.100. The molecule has 3 aromatic carbocycles. The Labute approximate surface area is 188 Å². The van der Waals surface area contributed by atoms with Crippen LogP contribution in [-0.4, -0.2) is 35.8 Å². The quantitative estimate of drug-likeness (QED) is 0.459. The third kappa shape index (κ3) is 7.56. The zero-order chi connectivity index (χ0) is 22.6. The van der Waals surface area contributed by atoms with Gasteiger partial charge in [-0.05, 0) is 23.1 Å². The van der Waals surface area contributed by atoms with Gasteiger partial charge in [0, 0.05) is 6.42 Å². The standard InChI is InChI=1S/C26H28N2O4/c29-18-23(16-20-10-4-1-5-11-20)27-25(30)24(17-21-12-6-2-7-13-21)28-26(31)32-19-22-14-8-3-9-15-22/h1-15,23-24,29H,16-19H2,(H,27,30)(H,28,31). The fourth-order valence-electron chi connectivity index (χ4n) is 3.33. The highest BCUT2D eigenvalue weighted by atomic mass is 16.5. The van der Waals surface area contributed by atoms with Gasteiger partial charge in [0.2, 0.25) is 5.91 Å². The van der Waals surface area contributed by atoms with E-state index in [9.17, 15) is 14.7 Å². The molecule has 0 heterocycles. The molecular weight excluding hydrogens is 404 g/mol. The Balaban J connectivity index is 1.63. The van der Waals surface area contributed by atoms with Crippen LogP contribution in [0, 0.1) is 0 Å². The van der Waals surface area contributed by atoms with Crippen LogP contribution in [0.4, 0.5) is 4.79 Å². The van der Waals surface area contributed by atoms with Crippen molar-refractivity contribution in [1.82, 2.24) is 10.6 Å². The Morgan fingerprint density at radius 1 is 0.719 bits per heavy atom. The van der Waals surface area contributed by atoms with Crippen LogP contribution in [0.3, 0.4) is 0 Å². The summed E-state index contributed by atoms with van der Waals surface area (Å²) in [5.74, 6) is -0.375. The minimum absolute atomic E-state index is 0.111. The molecule has 0 radical (unpaired) electrons. The lowest BCUT2D eigenvalue weighted by Gasteiger charge is -2.22. The minimum atomic E-state index is -0.842. The minimum Gasteiger partial charge on any atom is -0.445 e. The van der Waals surface area contributed by atoms with Crippen molar-refractivity contribution in [3.63, 3.8) is 0 Å². The number of carbonyl (C=O) groups excluding carboxylic acids is 2. The largest absolute Gasteiger partial charge is 0.445 e. The molecule has 0 saturated heterocycles. The maximum absolute atomic E-state index is 13.0. The smallest absolute Gasteiger partial charge is 0.408 e. The molecule has 0 aliphatic rings. The topological polar surface area (TPSA) is 87.7 Å². The van der Waals surface area contributed by atoms with Gasteiger partial charge in [0.25, 0.3) is 0 Å². The zero-order valence-electron chi connectivity index (χ0n) is 17.8. The number of alkyl carbamates (subject to hydrolysis) is 1. The van der Waals surface area contributed by atoms with Gasteiger partial charge in [-0.1, -0.05) is 91.0 Å². The van der Waals surface area contributed by atoms with Crippen molar-refractivity contribution in [2.24, 2.45) is 0 Å². The summed E-state index contributed by atoms with van der Waals surface area (Å²) < 4.78 is 5.29. The van der Waals surface area contributed by atoms with Crippen molar-refractivity contribution in [2.45, 2.75) is 31.5 Å². The van der Waals surface area contributed by atoms with Crippen LogP contribution in [0.1, 0.15) is 16.7 Å². The normalized spacial score (nSPS) is 12.4.